The SMILES string of the molecule is COCOc1cc(OC)cc(/C=C/CC2OC(C)(C)OC2C[C@@H](C)CO)c1C(=O)OCC[Si](C)(C)C. The second-order valence-electron chi connectivity index (χ2n) is 11.0. The van der Waals surface area contributed by atoms with Gasteiger partial charge in [0, 0.05) is 27.9 Å². The number of carbonyl (C=O) groups is 1. The minimum Gasteiger partial charge on any atom is -0.497 e. The Hall–Kier alpha value is -1.91. The highest BCUT2D eigenvalue weighted by Gasteiger charge is 2.40. The summed E-state index contributed by atoms with van der Waals surface area (Å²) in [6.07, 6.45) is 4.78. The van der Waals surface area contributed by atoms with E-state index in [-0.39, 0.29) is 31.5 Å². The molecule has 0 radical (unpaired) electrons. The molecule has 1 aliphatic rings. The van der Waals surface area contributed by atoms with Gasteiger partial charge in [0.1, 0.15) is 17.1 Å². The van der Waals surface area contributed by atoms with Crippen LogP contribution in [-0.2, 0) is 18.9 Å². The fourth-order valence-electron chi connectivity index (χ4n) is 3.95. The molecule has 0 spiro atoms. The van der Waals surface area contributed by atoms with E-state index in [0.717, 1.165) is 6.04 Å². The van der Waals surface area contributed by atoms with E-state index < -0.39 is 19.8 Å². The lowest BCUT2D eigenvalue weighted by molar-refractivity contribution is -0.147. The number of carbonyl (C=O) groups excluding carboxylic acids is 1. The van der Waals surface area contributed by atoms with Crippen molar-refractivity contribution >= 4 is 20.1 Å². The van der Waals surface area contributed by atoms with Gasteiger partial charge in [-0.2, -0.15) is 0 Å². The van der Waals surface area contributed by atoms with Gasteiger partial charge in [-0.15, -0.1) is 0 Å². The highest BCUT2D eigenvalue weighted by molar-refractivity contribution is 6.76. The number of ether oxygens (including phenoxy) is 6. The molecule has 1 aromatic rings. The third-order valence-electron chi connectivity index (χ3n) is 5.86. The summed E-state index contributed by atoms with van der Waals surface area (Å²) in [6, 6.07) is 4.32. The zero-order chi connectivity index (χ0) is 26.9. The zero-order valence-electron chi connectivity index (χ0n) is 23.1. The minimum atomic E-state index is -1.36. The Balaban J connectivity index is 2.30. The molecule has 0 aromatic heterocycles. The zero-order valence-corrected chi connectivity index (χ0v) is 24.1. The second kappa shape index (κ2) is 13.6. The molecule has 1 saturated heterocycles. The van der Waals surface area contributed by atoms with Crippen LogP contribution in [0, 0.1) is 5.92 Å². The van der Waals surface area contributed by atoms with Crippen molar-refractivity contribution < 1.29 is 38.3 Å². The first kappa shape index (κ1) is 30.3. The van der Waals surface area contributed by atoms with Crippen LogP contribution < -0.4 is 9.47 Å². The number of rotatable bonds is 14. The molecule has 2 rings (SSSR count). The summed E-state index contributed by atoms with van der Waals surface area (Å²) in [7, 11) is 1.72. The van der Waals surface area contributed by atoms with Gasteiger partial charge >= 0.3 is 5.97 Å². The van der Waals surface area contributed by atoms with Crippen LogP contribution in [-0.4, -0.2) is 71.4 Å². The summed E-state index contributed by atoms with van der Waals surface area (Å²) in [4.78, 5) is 13.2. The third kappa shape index (κ3) is 9.52. The van der Waals surface area contributed by atoms with Crippen molar-refractivity contribution in [2.75, 3.05) is 34.2 Å². The lowest BCUT2D eigenvalue weighted by Gasteiger charge is -2.19. The molecule has 8 nitrogen and oxygen atoms in total. The number of esters is 1. The summed E-state index contributed by atoms with van der Waals surface area (Å²) < 4.78 is 34.1. The largest absolute Gasteiger partial charge is 0.497 e. The molecule has 1 aromatic carbocycles. The highest BCUT2D eigenvalue weighted by Crippen LogP contribution is 2.35. The van der Waals surface area contributed by atoms with E-state index in [1.807, 2.05) is 32.9 Å². The minimum absolute atomic E-state index is 0.0153. The molecular formula is C27H44O8Si. The molecular weight excluding hydrogens is 480 g/mol. The fourth-order valence-corrected chi connectivity index (χ4v) is 4.66. The first-order chi connectivity index (χ1) is 16.9. The molecule has 204 valence electrons. The van der Waals surface area contributed by atoms with Crippen molar-refractivity contribution in [2.45, 2.75) is 77.3 Å². The molecule has 36 heavy (non-hydrogen) atoms. The Morgan fingerprint density at radius 2 is 1.89 bits per heavy atom. The number of aliphatic hydroxyl groups excluding tert-OH is 1. The number of aliphatic hydroxyl groups is 1. The van der Waals surface area contributed by atoms with Gasteiger partial charge in [-0.05, 0) is 50.3 Å². The topological polar surface area (TPSA) is 92.7 Å². The Kier molecular flexibility index (Phi) is 11.4. The molecule has 9 heteroatoms. The van der Waals surface area contributed by atoms with Crippen molar-refractivity contribution in [1.29, 1.82) is 0 Å². The van der Waals surface area contributed by atoms with Gasteiger partial charge in [0.2, 0.25) is 0 Å². The van der Waals surface area contributed by atoms with Crippen LogP contribution >= 0.6 is 0 Å². The molecule has 1 aliphatic heterocycles. The highest BCUT2D eigenvalue weighted by atomic mass is 28.3. The smallest absolute Gasteiger partial charge is 0.342 e. The molecule has 1 heterocycles. The summed E-state index contributed by atoms with van der Waals surface area (Å²) in [5.41, 5.74) is 0.950. The first-order valence-corrected chi connectivity index (χ1v) is 16.2. The van der Waals surface area contributed by atoms with Crippen molar-refractivity contribution in [3.8, 4) is 11.5 Å². The van der Waals surface area contributed by atoms with Gasteiger partial charge in [0.15, 0.2) is 12.6 Å². The summed E-state index contributed by atoms with van der Waals surface area (Å²) in [5.74, 6) is -0.144. The number of hydrogen-bond acceptors (Lipinski definition) is 8. The van der Waals surface area contributed by atoms with Crippen LogP contribution in [0.4, 0.5) is 0 Å². The van der Waals surface area contributed by atoms with Gasteiger partial charge in [-0.1, -0.05) is 38.7 Å². The van der Waals surface area contributed by atoms with Gasteiger partial charge in [0.25, 0.3) is 0 Å². The van der Waals surface area contributed by atoms with E-state index in [2.05, 4.69) is 19.6 Å². The molecule has 0 aliphatic carbocycles. The maximum Gasteiger partial charge on any atom is 0.342 e. The van der Waals surface area contributed by atoms with Gasteiger partial charge in [0.05, 0.1) is 25.9 Å². The summed E-state index contributed by atoms with van der Waals surface area (Å²) in [5, 5.41) is 9.48. The Morgan fingerprint density at radius 1 is 1.19 bits per heavy atom. The van der Waals surface area contributed by atoms with Gasteiger partial charge < -0.3 is 33.5 Å². The predicted octanol–water partition coefficient (Wildman–Crippen LogP) is 5.11. The van der Waals surface area contributed by atoms with E-state index >= 15 is 0 Å². The quantitative estimate of drug-likeness (QED) is 0.204. The average molecular weight is 525 g/mol. The molecule has 1 N–H and O–H groups in total. The number of hydrogen-bond donors (Lipinski definition) is 1. The molecule has 3 atom stereocenters. The second-order valence-corrected chi connectivity index (χ2v) is 16.6. The lowest BCUT2D eigenvalue weighted by Crippen LogP contribution is -2.25. The van der Waals surface area contributed by atoms with E-state index in [1.165, 1.54) is 7.11 Å². The number of benzene rings is 1. The van der Waals surface area contributed by atoms with Crippen molar-refractivity contribution in [3.63, 3.8) is 0 Å². The maximum absolute atomic E-state index is 13.2. The maximum atomic E-state index is 13.2. The standard InChI is InChI=1S/C27H44O8Si/c1-19(17-28)14-23-22(34-27(2,3)35-23)11-9-10-20-15-21(31-5)16-24(33-18-30-4)25(20)26(29)32-12-13-36(6,7)8/h9-10,15-16,19,22-23,28H,11-14,17-18H2,1-8H3/b10-9+/t19-,22?,23?/m1/s1. The predicted molar refractivity (Wildman–Crippen MR) is 142 cm³/mol. The molecule has 1 fully saturated rings. The van der Waals surface area contributed by atoms with Gasteiger partial charge in [-0.25, -0.2) is 4.79 Å². The molecule has 0 bridgehead atoms. The normalized spacial score (nSPS) is 20.5. The van der Waals surface area contributed by atoms with Crippen LogP contribution in [0.2, 0.25) is 25.7 Å². The monoisotopic (exact) mass is 524 g/mol. The van der Waals surface area contributed by atoms with Crippen molar-refractivity contribution in [1.82, 2.24) is 0 Å². The van der Waals surface area contributed by atoms with Crippen LogP contribution in [0.15, 0.2) is 18.2 Å². The summed E-state index contributed by atoms with van der Waals surface area (Å²) >= 11 is 0. The molecule has 0 saturated carbocycles. The van der Waals surface area contributed by atoms with E-state index in [1.54, 1.807) is 19.2 Å². The lowest BCUT2D eigenvalue weighted by atomic mass is 9.98. The average Bonchev–Trinajstić information content (AvgIpc) is 3.08. The molecule has 0 amide bonds. The van der Waals surface area contributed by atoms with Crippen LogP contribution in [0.1, 0.15) is 49.5 Å². The summed E-state index contributed by atoms with van der Waals surface area (Å²) in [6.45, 7) is 12.9. The number of methoxy groups -OCH3 is 2. The van der Waals surface area contributed by atoms with E-state index in [0.29, 0.717) is 42.1 Å². The Labute approximate surface area is 216 Å². The fraction of sp³-hybridized carbons (Fsp3) is 0.667. The van der Waals surface area contributed by atoms with Crippen molar-refractivity contribution in [3.05, 3.63) is 29.3 Å². The van der Waals surface area contributed by atoms with Crippen LogP contribution in [0.25, 0.3) is 6.08 Å². The van der Waals surface area contributed by atoms with E-state index in [9.17, 15) is 9.90 Å². The Morgan fingerprint density at radius 3 is 2.50 bits per heavy atom. The molecule has 2 unspecified atom stereocenters. The third-order valence-corrected chi connectivity index (χ3v) is 7.56. The van der Waals surface area contributed by atoms with Crippen molar-refractivity contribution in [2.24, 2.45) is 5.92 Å². The van der Waals surface area contributed by atoms with Crippen LogP contribution in [0.5, 0.6) is 11.5 Å². The van der Waals surface area contributed by atoms with Crippen LogP contribution in [0.3, 0.4) is 0 Å². The van der Waals surface area contributed by atoms with Gasteiger partial charge in [-0.3, -0.25) is 0 Å². The Bertz CT molecular complexity index is 877. The van der Waals surface area contributed by atoms with E-state index in [4.69, 9.17) is 28.4 Å². The first-order valence-electron chi connectivity index (χ1n) is 12.5.